The summed E-state index contributed by atoms with van der Waals surface area (Å²) < 4.78 is 27.5. The highest BCUT2D eigenvalue weighted by Crippen LogP contribution is 2.42. The molecular formula is C19H27NO2S. The molecule has 3 unspecified atom stereocenters. The smallest absolute Gasteiger partial charge is 0.215 e. The molecule has 3 atom stereocenters. The highest BCUT2D eigenvalue weighted by atomic mass is 32.2. The molecule has 1 aromatic carbocycles. The largest absolute Gasteiger partial charge is 0.215 e. The van der Waals surface area contributed by atoms with E-state index in [0.717, 1.165) is 30.7 Å². The first-order valence-electron chi connectivity index (χ1n) is 8.76. The quantitative estimate of drug-likeness (QED) is 0.803. The Morgan fingerprint density at radius 1 is 1.17 bits per heavy atom. The average Bonchev–Trinajstić information content (AvgIpc) is 2.54. The van der Waals surface area contributed by atoms with Crippen molar-refractivity contribution in [2.75, 3.05) is 6.54 Å². The van der Waals surface area contributed by atoms with Gasteiger partial charge in [-0.1, -0.05) is 48.9 Å². The van der Waals surface area contributed by atoms with Gasteiger partial charge in [-0.2, -0.15) is 0 Å². The van der Waals surface area contributed by atoms with Crippen LogP contribution >= 0.6 is 0 Å². The normalized spacial score (nSPS) is 27.5. The number of fused-ring (bicyclic) bond motifs is 2. The van der Waals surface area contributed by atoms with Gasteiger partial charge >= 0.3 is 0 Å². The minimum absolute atomic E-state index is 0.0773. The molecule has 2 aliphatic carbocycles. The average molecular weight is 333 g/mol. The van der Waals surface area contributed by atoms with Gasteiger partial charge in [0.1, 0.15) is 0 Å². The lowest BCUT2D eigenvalue weighted by molar-refractivity contribution is 0.188. The van der Waals surface area contributed by atoms with Crippen molar-refractivity contribution in [2.24, 2.45) is 17.8 Å². The first-order chi connectivity index (χ1) is 11.1. The minimum atomic E-state index is -3.24. The maximum absolute atomic E-state index is 12.3. The van der Waals surface area contributed by atoms with E-state index in [1.54, 1.807) is 5.57 Å². The first-order valence-corrected chi connectivity index (χ1v) is 10.4. The number of rotatable bonds is 6. The van der Waals surface area contributed by atoms with E-state index in [-0.39, 0.29) is 5.75 Å². The number of hydrogen-bond donors (Lipinski definition) is 1. The maximum Gasteiger partial charge on any atom is 0.215 e. The van der Waals surface area contributed by atoms with Crippen LogP contribution in [-0.4, -0.2) is 15.0 Å². The Labute approximate surface area is 140 Å². The molecule has 4 heteroatoms. The van der Waals surface area contributed by atoms with Gasteiger partial charge in [0.15, 0.2) is 0 Å². The van der Waals surface area contributed by atoms with Crippen LogP contribution in [0.4, 0.5) is 0 Å². The molecule has 1 fully saturated rings. The molecule has 0 heterocycles. The summed E-state index contributed by atoms with van der Waals surface area (Å²) in [5, 5.41) is 0. The summed E-state index contributed by atoms with van der Waals surface area (Å²) in [5.41, 5.74) is 2.42. The summed E-state index contributed by atoms with van der Waals surface area (Å²) in [6, 6.07) is 9.40. The van der Waals surface area contributed by atoms with E-state index in [4.69, 9.17) is 0 Å². The predicted octanol–water partition coefficient (Wildman–Crippen LogP) is 3.88. The number of sulfonamides is 1. The Morgan fingerprint density at radius 3 is 2.70 bits per heavy atom. The third kappa shape index (κ3) is 4.45. The van der Waals surface area contributed by atoms with Crippen molar-refractivity contribution >= 4 is 10.0 Å². The Hall–Kier alpha value is -1.13. The van der Waals surface area contributed by atoms with Crippen molar-refractivity contribution in [2.45, 2.75) is 44.8 Å². The van der Waals surface area contributed by atoms with Crippen LogP contribution in [-0.2, 0) is 15.8 Å². The predicted molar refractivity (Wildman–Crippen MR) is 94.4 cm³/mol. The SMILES string of the molecule is CCC1=CC2CCC(CNS(=O)(=O)Cc3ccccc3)C(C1)C2. The van der Waals surface area contributed by atoms with Crippen molar-refractivity contribution in [1.82, 2.24) is 4.72 Å². The molecule has 126 valence electrons. The van der Waals surface area contributed by atoms with Crippen LogP contribution < -0.4 is 4.72 Å². The van der Waals surface area contributed by atoms with Crippen LogP contribution in [0.5, 0.6) is 0 Å². The van der Waals surface area contributed by atoms with E-state index in [2.05, 4.69) is 17.7 Å². The summed E-state index contributed by atoms with van der Waals surface area (Å²) in [7, 11) is -3.24. The van der Waals surface area contributed by atoms with Crippen molar-refractivity contribution in [3.05, 3.63) is 47.5 Å². The molecule has 0 aromatic heterocycles. The molecule has 0 spiro atoms. The topological polar surface area (TPSA) is 46.2 Å². The number of nitrogens with one attached hydrogen (secondary N) is 1. The standard InChI is InChI=1S/C19H27NO2S/c1-2-15-10-17-8-9-18(19(11-15)12-17)13-20-23(21,22)14-16-6-4-3-5-7-16/h3-7,10,17-20H,2,8-9,11-14H2,1H3. The lowest BCUT2D eigenvalue weighted by Crippen LogP contribution is -2.37. The number of benzene rings is 1. The van der Waals surface area contributed by atoms with E-state index in [9.17, 15) is 8.42 Å². The fraction of sp³-hybridized carbons (Fsp3) is 0.579. The van der Waals surface area contributed by atoms with Crippen LogP contribution in [0.2, 0.25) is 0 Å². The van der Waals surface area contributed by atoms with Gasteiger partial charge in [0.05, 0.1) is 5.75 Å². The zero-order chi connectivity index (χ0) is 16.3. The molecule has 1 aromatic rings. The van der Waals surface area contributed by atoms with Crippen molar-refractivity contribution in [3.63, 3.8) is 0 Å². The van der Waals surface area contributed by atoms with E-state index in [1.807, 2.05) is 30.3 Å². The molecule has 3 nitrogen and oxygen atoms in total. The summed E-state index contributed by atoms with van der Waals surface area (Å²) in [5.74, 6) is 1.97. The molecule has 0 amide bonds. The lowest BCUT2D eigenvalue weighted by Gasteiger charge is -2.39. The monoisotopic (exact) mass is 333 g/mol. The van der Waals surface area contributed by atoms with Gasteiger partial charge in [-0.05, 0) is 55.4 Å². The first kappa shape index (κ1) is 16.7. The molecule has 0 radical (unpaired) electrons. The van der Waals surface area contributed by atoms with E-state index in [0.29, 0.717) is 18.4 Å². The van der Waals surface area contributed by atoms with Gasteiger partial charge in [-0.15, -0.1) is 0 Å². The Kier molecular flexibility index (Phi) is 5.22. The second-order valence-electron chi connectivity index (χ2n) is 7.07. The fourth-order valence-electron chi connectivity index (χ4n) is 4.11. The highest BCUT2D eigenvalue weighted by molar-refractivity contribution is 7.88. The van der Waals surface area contributed by atoms with Crippen LogP contribution in [0, 0.1) is 17.8 Å². The molecule has 1 N–H and O–H groups in total. The Bertz CT molecular complexity index is 651. The third-order valence-electron chi connectivity index (χ3n) is 5.40. The molecule has 1 saturated carbocycles. The molecule has 2 aliphatic rings. The molecule has 0 saturated heterocycles. The maximum atomic E-state index is 12.3. The van der Waals surface area contributed by atoms with Crippen LogP contribution in [0.1, 0.15) is 44.6 Å². The number of hydrogen-bond acceptors (Lipinski definition) is 2. The minimum Gasteiger partial charge on any atom is -0.215 e. The number of allylic oxidation sites excluding steroid dienone is 2. The Balaban J connectivity index is 1.57. The van der Waals surface area contributed by atoms with Gasteiger partial charge in [0.25, 0.3) is 0 Å². The zero-order valence-electron chi connectivity index (χ0n) is 13.9. The molecule has 3 rings (SSSR count). The Morgan fingerprint density at radius 2 is 1.96 bits per heavy atom. The van der Waals surface area contributed by atoms with Crippen molar-refractivity contribution in [3.8, 4) is 0 Å². The summed E-state index contributed by atoms with van der Waals surface area (Å²) in [4.78, 5) is 0. The zero-order valence-corrected chi connectivity index (χ0v) is 14.7. The van der Waals surface area contributed by atoms with Crippen LogP contribution in [0.3, 0.4) is 0 Å². The second kappa shape index (κ2) is 7.18. The lowest BCUT2D eigenvalue weighted by atomic mass is 9.67. The van der Waals surface area contributed by atoms with Gasteiger partial charge in [-0.3, -0.25) is 0 Å². The molecule has 23 heavy (non-hydrogen) atoms. The summed E-state index contributed by atoms with van der Waals surface area (Å²) in [6.45, 7) is 2.83. The molecular weight excluding hydrogens is 306 g/mol. The third-order valence-corrected chi connectivity index (χ3v) is 6.72. The fourth-order valence-corrected chi connectivity index (χ4v) is 5.31. The van der Waals surface area contributed by atoms with E-state index >= 15 is 0 Å². The molecule has 2 bridgehead atoms. The van der Waals surface area contributed by atoms with Crippen LogP contribution in [0.15, 0.2) is 42.0 Å². The van der Waals surface area contributed by atoms with Crippen molar-refractivity contribution < 1.29 is 8.42 Å². The van der Waals surface area contributed by atoms with Crippen molar-refractivity contribution in [1.29, 1.82) is 0 Å². The highest BCUT2D eigenvalue weighted by Gasteiger charge is 2.33. The van der Waals surface area contributed by atoms with Gasteiger partial charge in [0.2, 0.25) is 10.0 Å². The summed E-state index contributed by atoms with van der Waals surface area (Å²) >= 11 is 0. The van der Waals surface area contributed by atoms with E-state index < -0.39 is 10.0 Å². The van der Waals surface area contributed by atoms with Gasteiger partial charge < -0.3 is 0 Å². The van der Waals surface area contributed by atoms with Crippen LogP contribution in [0.25, 0.3) is 0 Å². The second-order valence-corrected chi connectivity index (χ2v) is 8.88. The molecule has 0 aliphatic heterocycles. The summed E-state index contributed by atoms with van der Waals surface area (Å²) in [6.07, 6.45) is 8.39. The van der Waals surface area contributed by atoms with E-state index in [1.165, 1.54) is 12.8 Å². The van der Waals surface area contributed by atoms with Gasteiger partial charge in [-0.25, -0.2) is 13.1 Å². The van der Waals surface area contributed by atoms with Gasteiger partial charge in [0, 0.05) is 6.54 Å².